The Kier molecular flexibility index (Phi) is 5.85. The molecule has 0 spiro atoms. The minimum absolute atomic E-state index is 0.0951. The van der Waals surface area contributed by atoms with Crippen LogP contribution in [0.5, 0.6) is 0 Å². The molecule has 1 aliphatic heterocycles. The fraction of sp³-hybridized carbons (Fsp3) is 0.389. The number of carbonyl (C=O) groups is 2. The molecule has 26 heavy (non-hydrogen) atoms. The lowest BCUT2D eigenvalue weighted by Gasteiger charge is -2.35. The van der Waals surface area contributed by atoms with Crippen molar-refractivity contribution in [3.05, 3.63) is 40.9 Å². The molecule has 2 aromatic rings. The Morgan fingerprint density at radius 2 is 2.12 bits per heavy atom. The molecule has 7 nitrogen and oxygen atoms in total. The van der Waals surface area contributed by atoms with E-state index in [4.69, 9.17) is 4.74 Å². The summed E-state index contributed by atoms with van der Waals surface area (Å²) in [5, 5.41) is 6.53. The second kappa shape index (κ2) is 8.29. The van der Waals surface area contributed by atoms with Crippen LogP contribution >= 0.6 is 11.3 Å². The van der Waals surface area contributed by atoms with E-state index in [1.54, 1.807) is 11.9 Å². The second-order valence-corrected chi connectivity index (χ2v) is 7.03. The average Bonchev–Trinajstić information content (AvgIpc) is 3.03. The summed E-state index contributed by atoms with van der Waals surface area (Å²) in [4.78, 5) is 32.0. The molecule has 1 aliphatic rings. The highest BCUT2D eigenvalue weighted by atomic mass is 32.1. The van der Waals surface area contributed by atoms with Crippen molar-refractivity contribution in [3.63, 3.8) is 0 Å². The highest BCUT2D eigenvalue weighted by molar-refractivity contribution is 7.17. The van der Waals surface area contributed by atoms with Crippen LogP contribution in [0.2, 0.25) is 0 Å². The zero-order valence-corrected chi connectivity index (χ0v) is 15.6. The van der Waals surface area contributed by atoms with Crippen molar-refractivity contribution in [2.24, 2.45) is 0 Å². The lowest BCUT2D eigenvalue weighted by Crippen LogP contribution is -2.50. The molecule has 0 saturated carbocycles. The highest BCUT2D eigenvalue weighted by Crippen LogP contribution is 2.25. The number of hydrogen-bond donors (Lipinski definition) is 2. The number of rotatable bonds is 5. The van der Waals surface area contributed by atoms with Gasteiger partial charge >= 0.3 is 0 Å². The molecular formula is C18H22N4O3S. The molecule has 0 radical (unpaired) electrons. The SMILES string of the molecule is CNc1nc(C)c(C(=O)N2CCOC[C@H]2CC(=O)Nc2ccccc2)s1. The Hall–Kier alpha value is -2.45. The number of aromatic nitrogens is 1. The van der Waals surface area contributed by atoms with Crippen molar-refractivity contribution in [1.29, 1.82) is 0 Å². The predicted octanol–water partition coefficient (Wildman–Crippen LogP) is 2.36. The van der Waals surface area contributed by atoms with Gasteiger partial charge in [0.25, 0.3) is 5.91 Å². The van der Waals surface area contributed by atoms with Gasteiger partial charge in [-0.3, -0.25) is 9.59 Å². The van der Waals surface area contributed by atoms with Crippen LogP contribution in [0.3, 0.4) is 0 Å². The van der Waals surface area contributed by atoms with Gasteiger partial charge < -0.3 is 20.3 Å². The van der Waals surface area contributed by atoms with Crippen LogP contribution < -0.4 is 10.6 Å². The van der Waals surface area contributed by atoms with Crippen molar-refractivity contribution in [1.82, 2.24) is 9.88 Å². The summed E-state index contributed by atoms with van der Waals surface area (Å²) in [6.07, 6.45) is 0.192. The maximum absolute atomic E-state index is 13.0. The van der Waals surface area contributed by atoms with E-state index in [1.165, 1.54) is 11.3 Å². The molecule has 1 fully saturated rings. The monoisotopic (exact) mass is 374 g/mol. The molecule has 138 valence electrons. The minimum atomic E-state index is -0.292. The maximum Gasteiger partial charge on any atom is 0.266 e. The second-order valence-electron chi connectivity index (χ2n) is 6.03. The van der Waals surface area contributed by atoms with Gasteiger partial charge in [0, 0.05) is 25.7 Å². The number of ether oxygens (including phenoxy) is 1. The lowest BCUT2D eigenvalue weighted by atomic mass is 10.1. The third-order valence-electron chi connectivity index (χ3n) is 4.17. The Balaban J connectivity index is 1.70. The summed E-state index contributed by atoms with van der Waals surface area (Å²) in [6.45, 7) is 3.11. The first-order chi connectivity index (χ1) is 12.6. The molecule has 2 N–H and O–H groups in total. The van der Waals surface area contributed by atoms with Gasteiger partial charge in [-0.25, -0.2) is 4.98 Å². The maximum atomic E-state index is 13.0. The van der Waals surface area contributed by atoms with Crippen LogP contribution in [0.15, 0.2) is 30.3 Å². The van der Waals surface area contributed by atoms with Gasteiger partial charge in [-0.05, 0) is 19.1 Å². The van der Waals surface area contributed by atoms with Crippen LogP contribution in [0.1, 0.15) is 21.8 Å². The number of morpholine rings is 1. The number of hydrogen-bond acceptors (Lipinski definition) is 6. The highest BCUT2D eigenvalue weighted by Gasteiger charge is 2.31. The van der Waals surface area contributed by atoms with Crippen molar-refractivity contribution < 1.29 is 14.3 Å². The molecule has 2 heterocycles. The molecule has 1 atom stereocenters. The molecule has 8 heteroatoms. The van der Waals surface area contributed by atoms with E-state index < -0.39 is 0 Å². The number of aryl methyl sites for hydroxylation is 1. The smallest absolute Gasteiger partial charge is 0.266 e. The molecule has 3 rings (SSSR count). The standard InChI is InChI=1S/C18H22N4O3S/c1-12-16(26-18(19-2)20-12)17(24)22-8-9-25-11-14(22)10-15(23)21-13-6-4-3-5-7-13/h3-7,14H,8-11H2,1-2H3,(H,19,20)(H,21,23)/t14-/m1/s1. The minimum Gasteiger partial charge on any atom is -0.377 e. The third kappa shape index (κ3) is 4.20. The number of para-hydroxylation sites is 1. The molecule has 2 amide bonds. The van der Waals surface area contributed by atoms with Crippen molar-refractivity contribution in [3.8, 4) is 0 Å². The van der Waals surface area contributed by atoms with Gasteiger partial charge in [-0.2, -0.15) is 0 Å². The first-order valence-corrected chi connectivity index (χ1v) is 9.29. The van der Waals surface area contributed by atoms with Gasteiger partial charge in [-0.15, -0.1) is 0 Å². The molecule has 1 saturated heterocycles. The van der Waals surface area contributed by atoms with E-state index in [0.717, 1.165) is 5.69 Å². The zero-order valence-electron chi connectivity index (χ0n) is 14.8. The molecule has 0 unspecified atom stereocenters. The first kappa shape index (κ1) is 18.3. The first-order valence-electron chi connectivity index (χ1n) is 8.47. The van der Waals surface area contributed by atoms with Gasteiger partial charge in [0.05, 0.1) is 24.9 Å². The van der Waals surface area contributed by atoms with Crippen LogP contribution in [-0.4, -0.2) is 54.5 Å². The number of carbonyl (C=O) groups excluding carboxylic acids is 2. The summed E-state index contributed by atoms with van der Waals surface area (Å²) in [5.74, 6) is -0.233. The predicted molar refractivity (Wildman–Crippen MR) is 102 cm³/mol. The van der Waals surface area contributed by atoms with Crippen molar-refractivity contribution in [2.45, 2.75) is 19.4 Å². The largest absolute Gasteiger partial charge is 0.377 e. The number of amides is 2. The summed E-state index contributed by atoms with van der Waals surface area (Å²) in [5.41, 5.74) is 1.44. The number of anilines is 2. The molecule has 0 bridgehead atoms. The fourth-order valence-electron chi connectivity index (χ4n) is 2.87. The van der Waals surface area contributed by atoms with Gasteiger partial charge in [0.1, 0.15) is 4.88 Å². The van der Waals surface area contributed by atoms with Gasteiger partial charge in [0.2, 0.25) is 5.91 Å². The van der Waals surface area contributed by atoms with Crippen molar-refractivity contribution >= 4 is 34.0 Å². The van der Waals surface area contributed by atoms with E-state index in [0.29, 0.717) is 35.5 Å². The quantitative estimate of drug-likeness (QED) is 0.839. The van der Waals surface area contributed by atoms with E-state index >= 15 is 0 Å². The van der Waals surface area contributed by atoms with Gasteiger partial charge in [0.15, 0.2) is 5.13 Å². The fourth-order valence-corrected chi connectivity index (χ4v) is 3.75. The molecular weight excluding hydrogens is 352 g/mol. The zero-order chi connectivity index (χ0) is 18.5. The summed E-state index contributed by atoms with van der Waals surface area (Å²) in [7, 11) is 1.78. The summed E-state index contributed by atoms with van der Waals surface area (Å²) < 4.78 is 5.51. The van der Waals surface area contributed by atoms with Crippen LogP contribution in [0.25, 0.3) is 0 Å². The van der Waals surface area contributed by atoms with Crippen LogP contribution in [0, 0.1) is 6.92 Å². The third-order valence-corrected chi connectivity index (χ3v) is 5.33. The number of thiazole rings is 1. The van der Waals surface area contributed by atoms with Crippen LogP contribution in [-0.2, 0) is 9.53 Å². The Morgan fingerprint density at radius 1 is 1.35 bits per heavy atom. The number of nitrogens with one attached hydrogen (secondary N) is 2. The summed E-state index contributed by atoms with van der Waals surface area (Å²) in [6, 6.07) is 8.99. The molecule has 0 aliphatic carbocycles. The molecule has 1 aromatic carbocycles. The Bertz CT molecular complexity index is 778. The van der Waals surface area contributed by atoms with E-state index in [2.05, 4.69) is 15.6 Å². The Labute approximate surface area is 156 Å². The number of nitrogens with zero attached hydrogens (tertiary/aromatic N) is 2. The normalized spacial score (nSPS) is 17.0. The van der Waals surface area contributed by atoms with Gasteiger partial charge in [-0.1, -0.05) is 29.5 Å². The van der Waals surface area contributed by atoms with E-state index in [9.17, 15) is 9.59 Å². The van der Waals surface area contributed by atoms with E-state index in [1.807, 2.05) is 37.3 Å². The topological polar surface area (TPSA) is 83.6 Å². The van der Waals surface area contributed by atoms with Crippen molar-refractivity contribution in [2.75, 3.05) is 37.4 Å². The molecule has 1 aromatic heterocycles. The Morgan fingerprint density at radius 3 is 2.81 bits per heavy atom. The lowest BCUT2D eigenvalue weighted by molar-refractivity contribution is -0.118. The van der Waals surface area contributed by atoms with E-state index in [-0.39, 0.29) is 24.3 Å². The van der Waals surface area contributed by atoms with Crippen LogP contribution in [0.4, 0.5) is 10.8 Å². The number of benzene rings is 1. The summed E-state index contributed by atoms with van der Waals surface area (Å²) >= 11 is 1.33. The average molecular weight is 374 g/mol.